The number of amides is 2. The summed E-state index contributed by atoms with van der Waals surface area (Å²) in [5.41, 5.74) is -3.31. The number of hydrogen-bond donors (Lipinski definition) is 1. The van der Waals surface area contributed by atoms with Crippen LogP contribution in [0.3, 0.4) is 0 Å². The number of ether oxygens (including phenoxy) is 1. The molecule has 35 heavy (non-hydrogen) atoms. The van der Waals surface area contributed by atoms with E-state index >= 15 is 0 Å². The molecular weight excluding hydrogens is 513 g/mol. The highest BCUT2D eigenvalue weighted by molar-refractivity contribution is 6.32. The molecule has 1 heterocycles. The molecule has 2 aromatic rings. The van der Waals surface area contributed by atoms with Crippen LogP contribution < -0.4 is 15.0 Å². The maximum atomic E-state index is 13.9. The maximum Gasteiger partial charge on any atom is 0.573 e. The van der Waals surface area contributed by atoms with Gasteiger partial charge in [0, 0.05) is 23.6 Å². The van der Waals surface area contributed by atoms with Crippen molar-refractivity contribution >= 4 is 29.1 Å². The van der Waals surface area contributed by atoms with Crippen molar-refractivity contribution in [2.75, 3.05) is 4.90 Å². The molecule has 15 heteroatoms. The molecule has 1 aliphatic rings. The van der Waals surface area contributed by atoms with Crippen LogP contribution in [0, 0.1) is 5.92 Å². The maximum absolute atomic E-state index is 13.9. The van der Waals surface area contributed by atoms with Crippen molar-refractivity contribution in [3.05, 3.63) is 48.5 Å². The van der Waals surface area contributed by atoms with E-state index in [0.717, 1.165) is 43.0 Å². The fourth-order valence-corrected chi connectivity index (χ4v) is 3.42. The van der Waals surface area contributed by atoms with Gasteiger partial charge in [0.25, 0.3) is 11.5 Å². The highest BCUT2D eigenvalue weighted by Gasteiger charge is 2.51. The standard InChI is InChI=1S/C20H16ClF7N4O3/c21-16(22)18(34)32(12-3-5-13(6-4-12)35-20(26,27)28)14(11-7-29-9-30-8-11)17(33)31-15(10-1-2-10)19(23,24)25/h3-10,14-16H,1-2H2,(H,31,33)/t14?,15-,16+/m1/s1. The SMILES string of the molecule is O=C(N[C@H](C1CC1)C(F)(F)F)C(c1cncnc1)N(C(=O)[C@H](F)Cl)c1ccc(OC(F)(F)F)cc1. The van der Waals surface area contributed by atoms with Crippen molar-refractivity contribution in [3.8, 4) is 5.75 Å². The molecule has 0 radical (unpaired) electrons. The first kappa shape index (κ1) is 26.4. The molecule has 7 nitrogen and oxygen atoms in total. The van der Waals surface area contributed by atoms with E-state index in [1.165, 1.54) is 0 Å². The molecule has 0 saturated heterocycles. The van der Waals surface area contributed by atoms with E-state index in [1.807, 2.05) is 5.32 Å². The Bertz CT molecular complexity index is 1030. The molecule has 1 saturated carbocycles. The third kappa shape index (κ3) is 6.93. The van der Waals surface area contributed by atoms with E-state index in [9.17, 15) is 40.3 Å². The number of carbonyl (C=O) groups is 2. The number of rotatable bonds is 8. The van der Waals surface area contributed by atoms with E-state index < -0.39 is 53.7 Å². The summed E-state index contributed by atoms with van der Waals surface area (Å²) in [6.07, 6.45) is -6.36. The van der Waals surface area contributed by atoms with Crippen LogP contribution in [0.2, 0.25) is 0 Å². The Morgan fingerprint density at radius 2 is 1.63 bits per heavy atom. The van der Waals surface area contributed by atoms with Crippen molar-refractivity contribution in [1.82, 2.24) is 15.3 Å². The zero-order chi connectivity index (χ0) is 26.0. The number of hydrogen-bond acceptors (Lipinski definition) is 5. The van der Waals surface area contributed by atoms with Crippen LogP contribution in [0.1, 0.15) is 24.4 Å². The first-order chi connectivity index (χ1) is 16.3. The highest BCUT2D eigenvalue weighted by atomic mass is 35.5. The van der Waals surface area contributed by atoms with E-state index in [2.05, 4.69) is 14.7 Å². The van der Waals surface area contributed by atoms with Gasteiger partial charge in [-0.2, -0.15) is 13.2 Å². The predicted molar refractivity (Wildman–Crippen MR) is 107 cm³/mol. The molecule has 1 N–H and O–H groups in total. The van der Waals surface area contributed by atoms with Crippen LogP contribution in [0.4, 0.5) is 36.4 Å². The van der Waals surface area contributed by atoms with Gasteiger partial charge in [-0.1, -0.05) is 11.6 Å². The number of anilines is 1. The topological polar surface area (TPSA) is 84.4 Å². The molecular formula is C20H16ClF7N4O3. The zero-order valence-corrected chi connectivity index (χ0v) is 18.1. The molecule has 0 bridgehead atoms. The summed E-state index contributed by atoms with van der Waals surface area (Å²) >= 11 is 5.29. The summed E-state index contributed by atoms with van der Waals surface area (Å²) < 4.78 is 95.6. The summed E-state index contributed by atoms with van der Waals surface area (Å²) in [6.45, 7) is 0. The summed E-state index contributed by atoms with van der Waals surface area (Å²) in [7, 11) is 0. The van der Waals surface area contributed by atoms with Gasteiger partial charge in [0.05, 0.1) is 0 Å². The monoisotopic (exact) mass is 528 g/mol. The second kappa shape index (κ2) is 10.2. The summed E-state index contributed by atoms with van der Waals surface area (Å²) in [4.78, 5) is 33.6. The Labute approximate surface area is 198 Å². The van der Waals surface area contributed by atoms with Crippen molar-refractivity contribution in [2.24, 2.45) is 5.92 Å². The second-order valence-electron chi connectivity index (χ2n) is 7.49. The van der Waals surface area contributed by atoms with E-state index in [1.54, 1.807) is 0 Å². The van der Waals surface area contributed by atoms with E-state index in [0.29, 0.717) is 4.90 Å². The molecule has 190 valence electrons. The minimum atomic E-state index is -5.03. The lowest BCUT2D eigenvalue weighted by molar-refractivity contribution is -0.274. The third-order valence-corrected chi connectivity index (χ3v) is 5.11. The van der Waals surface area contributed by atoms with Gasteiger partial charge in [0.15, 0.2) is 0 Å². The first-order valence-electron chi connectivity index (χ1n) is 9.87. The number of alkyl halides is 8. The van der Waals surface area contributed by atoms with Crippen molar-refractivity contribution < 1.29 is 45.1 Å². The van der Waals surface area contributed by atoms with Gasteiger partial charge in [-0.05, 0) is 43.0 Å². The molecule has 1 aliphatic carbocycles. The number of nitrogens with zero attached hydrogens (tertiary/aromatic N) is 3. The Kier molecular flexibility index (Phi) is 7.72. The van der Waals surface area contributed by atoms with Gasteiger partial charge >= 0.3 is 12.5 Å². The van der Waals surface area contributed by atoms with Crippen molar-refractivity contribution in [2.45, 2.75) is 43.1 Å². The molecule has 1 fully saturated rings. The van der Waals surface area contributed by atoms with Gasteiger partial charge < -0.3 is 10.1 Å². The smallest absolute Gasteiger partial charge is 0.406 e. The highest BCUT2D eigenvalue weighted by Crippen LogP contribution is 2.41. The Morgan fingerprint density at radius 3 is 2.09 bits per heavy atom. The van der Waals surface area contributed by atoms with Crippen LogP contribution in [-0.2, 0) is 9.59 Å². The minimum Gasteiger partial charge on any atom is -0.406 e. The van der Waals surface area contributed by atoms with Gasteiger partial charge in [0.1, 0.15) is 24.2 Å². The molecule has 0 aliphatic heterocycles. The number of carbonyl (C=O) groups excluding carboxylic acids is 2. The first-order valence-corrected chi connectivity index (χ1v) is 10.3. The summed E-state index contributed by atoms with van der Waals surface area (Å²) in [5, 5.41) is 1.85. The lowest BCUT2D eigenvalue weighted by Gasteiger charge is -2.33. The predicted octanol–water partition coefficient (Wildman–Crippen LogP) is 4.44. The fourth-order valence-electron chi connectivity index (χ4n) is 3.32. The van der Waals surface area contributed by atoms with E-state index in [-0.39, 0.29) is 24.1 Å². The Balaban J connectivity index is 2.04. The molecule has 3 atom stereocenters. The second-order valence-corrected chi connectivity index (χ2v) is 7.87. The molecule has 3 rings (SSSR count). The lowest BCUT2D eigenvalue weighted by atomic mass is 10.0. The van der Waals surface area contributed by atoms with Gasteiger partial charge in [0.2, 0.25) is 5.91 Å². The average Bonchev–Trinajstić information content (AvgIpc) is 3.59. The fraction of sp³-hybridized carbons (Fsp3) is 0.400. The lowest BCUT2D eigenvalue weighted by Crippen LogP contribution is -2.52. The van der Waals surface area contributed by atoms with Crippen LogP contribution in [0.5, 0.6) is 5.75 Å². The van der Waals surface area contributed by atoms with Gasteiger partial charge in [-0.25, -0.2) is 14.4 Å². The number of halogens is 8. The molecule has 1 aromatic carbocycles. The molecule has 2 amide bonds. The molecule has 1 aromatic heterocycles. The number of nitrogens with one attached hydrogen (secondary N) is 1. The van der Waals surface area contributed by atoms with E-state index in [4.69, 9.17) is 11.6 Å². The third-order valence-electron chi connectivity index (χ3n) is 4.92. The van der Waals surface area contributed by atoms with Crippen molar-refractivity contribution in [1.29, 1.82) is 0 Å². The Morgan fingerprint density at radius 1 is 1.06 bits per heavy atom. The number of aromatic nitrogens is 2. The summed E-state index contributed by atoms with van der Waals surface area (Å²) in [6, 6.07) is -0.889. The largest absolute Gasteiger partial charge is 0.573 e. The van der Waals surface area contributed by atoms with Gasteiger partial charge in [-0.15, -0.1) is 13.2 Å². The zero-order valence-electron chi connectivity index (χ0n) is 17.4. The van der Waals surface area contributed by atoms with Crippen LogP contribution in [0.25, 0.3) is 0 Å². The average molecular weight is 529 g/mol. The Hall–Kier alpha value is -3.16. The van der Waals surface area contributed by atoms with Crippen LogP contribution in [0.15, 0.2) is 43.0 Å². The normalized spacial score (nSPS) is 16.7. The van der Waals surface area contributed by atoms with Crippen LogP contribution in [-0.4, -0.2) is 46.0 Å². The number of benzene rings is 1. The minimum absolute atomic E-state index is 0.206. The molecule has 0 spiro atoms. The molecule has 1 unspecified atom stereocenters. The van der Waals surface area contributed by atoms with Crippen molar-refractivity contribution in [3.63, 3.8) is 0 Å². The summed E-state index contributed by atoms with van der Waals surface area (Å²) in [5.74, 6) is -4.49. The quantitative estimate of drug-likeness (QED) is 0.404. The van der Waals surface area contributed by atoms with Crippen LogP contribution >= 0.6 is 11.6 Å². The van der Waals surface area contributed by atoms with Gasteiger partial charge in [-0.3, -0.25) is 14.5 Å².